The number of esters is 1. The fourth-order valence-electron chi connectivity index (χ4n) is 1.96. The van der Waals surface area contributed by atoms with Crippen LogP contribution < -0.4 is 4.74 Å². The third-order valence-electron chi connectivity index (χ3n) is 3.08. The number of methoxy groups -OCH3 is 2. The van der Waals surface area contributed by atoms with Crippen molar-refractivity contribution in [3.8, 4) is 5.75 Å². The number of rotatable bonds is 5. The van der Waals surface area contributed by atoms with Crippen LogP contribution in [0.2, 0.25) is 0 Å². The molecule has 0 aliphatic heterocycles. The van der Waals surface area contributed by atoms with Gasteiger partial charge in [0.2, 0.25) is 0 Å². The van der Waals surface area contributed by atoms with Crippen molar-refractivity contribution in [3.63, 3.8) is 0 Å². The summed E-state index contributed by atoms with van der Waals surface area (Å²) in [5.74, 6) is -0.356. The maximum absolute atomic E-state index is 12.4. The molecule has 1 atom stereocenters. The average molecular weight is 279 g/mol. The zero-order chi connectivity index (χ0) is 15.3. The van der Waals surface area contributed by atoms with E-state index >= 15 is 0 Å². The van der Waals surface area contributed by atoms with Crippen molar-refractivity contribution in [2.75, 3.05) is 27.8 Å². The van der Waals surface area contributed by atoms with Gasteiger partial charge in [0.05, 0.1) is 25.7 Å². The Hall–Kier alpha value is -2.04. The van der Waals surface area contributed by atoms with Crippen molar-refractivity contribution in [1.29, 1.82) is 0 Å². The van der Waals surface area contributed by atoms with Gasteiger partial charge >= 0.3 is 5.97 Å². The third-order valence-corrected chi connectivity index (χ3v) is 3.08. The van der Waals surface area contributed by atoms with Crippen LogP contribution in [0.15, 0.2) is 18.2 Å². The first-order chi connectivity index (χ1) is 9.40. The Balaban J connectivity index is 2.89. The summed E-state index contributed by atoms with van der Waals surface area (Å²) in [7, 11) is 4.52. The maximum Gasteiger partial charge on any atom is 0.310 e. The summed E-state index contributed by atoms with van der Waals surface area (Å²) in [4.78, 5) is 25.3. The number of hydrogen-bond donors (Lipinski definition) is 0. The van der Waals surface area contributed by atoms with E-state index in [9.17, 15) is 9.59 Å². The van der Waals surface area contributed by atoms with E-state index in [0.29, 0.717) is 17.9 Å². The topological polar surface area (TPSA) is 55.8 Å². The maximum atomic E-state index is 12.4. The van der Waals surface area contributed by atoms with Crippen LogP contribution in [0, 0.1) is 12.8 Å². The molecule has 0 bridgehead atoms. The normalized spacial score (nSPS) is 11.7. The SMILES string of the molecule is COC(=O)C(C)CN(C)C(=O)c1cc(C)ccc1OC. The van der Waals surface area contributed by atoms with Gasteiger partial charge in [0.1, 0.15) is 5.75 Å². The molecule has 0 spiro atoms. The second-order valence-electron chi connectivity index (χ2n) is 4.81. The van der Waals surface area contributed by atoms with Crippen LogP contribution in [0.3, 0.4) is 0 Å². The van der Waals surface area contributed by atoms with Crippen LogP contribution in [0.5, 0.6) is 5.75 Å². The summed E-state index contributed by atoms with van der Waals surface area (Å²) >= 11 is 0. The molecule has 20 heavy (non-hydrogen) atoms. The first-order valence-corrected chi connectivity index (χ1v) is 6.38. The first kappa shape index (κ1) is 16.0. The quantitative estimate of drug-likeness (QED) is 0.772. The number of nitrogens with zero attached hydrogens (tertiary/aromatic N) is 1. The van der Waals surface area contributed by atoms with Crippen LogP contribution in [0.25, 0.3) is 0 Å². The number of carbonyl (C=O) groups excluding carboxylic acids is 2. The van der Waals surface area contributed by atoms with Gasteiger partial charge in [-0.1, -0.05) is 18.6 Å². The molecular weight excluding hydrogens is 258 g/mol. The lowest BCUT2D eigenvalue weighted by Gasteiger charge is -2.21. The summed E-state index contributed by atoms with van der Waals surface area (Å²) in [6, 6.07) is 5.42. The molecule has 110 valence electrons. The number of amides is 1. The van der Waals surface area contributed by atoms with Crippen molar-refractivity contribution in [3.05, 3.63) is 29.3 Å². The van der Waals surface area contributed by atoms with Crippen molar-refractivity contribution in [2.24, 2.45) is 5.92 Å². The third kappa shape index (κ3) is 3.73. The molecule has 0 aliphatic carbocycles. The molecule has 5 heteroatoms. The van der Waals surface area contributed by atoms with Crippen LogP contribution in [0.1, 0.15) is 22.8 Å². The van der Waals surface area contributed by atoms with Crippen LogP contribution in [-0.4, -0.2) is 44.6 Å². The van der Waals surface area contributed by atoms with E-state index in [1.165, 1.54) is 19.1 Å². The van der Waals surface area contributed by atoms with Crippen LogP contribution in [-0.2, 0) is 9.53 Å². The standard InChI is InChI=1S/C15H21NO4/c1-10-6-7-13(19-4)12(8-10)14(17)16(3)9-11(2)15(18)20-5/h6-8,11H,9H2,1-5H3. The fourth-order valence-corrected chi connectivity index (χ4v) is 1.96. The monoisotopic (exact) mass is 279 g/mol. The Kier molecular flexibility index (Phi) is 5.55. The molecule has 0 aromatic heterocycles. The number of aryl methyl sites for hydroxylation is 1. The van der Waals surface area contributed by atoms with Gasteiger partial charge in [0, 0.05) is 13.6 Å². The fraction of sp³-hybridized carbons (Fsp3) is 0.467. The van der Waals surface area contributed by atoms with Crippen LogP contribution >= 0.6 is 0 Å². The van der Waals surface area contributed by atoms with Gasteiger partial charge in [-0.15, -0.1) is 0 Å². The van der Waals surface area contributed by atoms with Crippen LogP contribution in [0.4, 0.5) is 0 Å². The molecule has 1 rings (SSSR count). The molecule has 1 unspecified atom stereocenters. The van der Waals surface area contributed by atoms with Crippen molar-refractivity contribution >= 4 is 11.9 Å². The largest absolute Gasteiger partial charge is 0.496 e. The summed E-state index contributed by atoms with van der Waals surface area (Å²) < 4.78 is 9.87. The number of ether oxygens (including phenoxy) is 2. The summed E-state index contributed by atoms with van der Waals surface area (Å²) in [5, 5.41) is 0. The van der Waals surface area contributed by atoms with Crippen molar-refractivity contribution in [1.82, 2.24) is 4.90 Å². The highest BCUT2D eigenvalue weighted by atomic mass is 16.5. The van der Waals surface area contributed by atoms with Gasteiger partial charge in [-0.05, 0) is 19.1 Å². The molecule has 1 amide bonds. The molecule has 0 radical (unpaired) electrons. The summed E-state index contributed by atoms with van der Waals surface area (Å²) in [6.07, 6.45) is 0. The minimum Gasteiger partial charge on any atom is -0.496 e. The predicted octanol–water partition coefficient (Wildman–Crippen LogP) is 1.88. The van der Waals surface area contributed by atoms with Gasteiger partial charge in [0.15, 0.2) is 0 Å². The number of benzene rings is 1. The lowest BCUT2D eigenvalue weighted by Crippen LogP contribution is -2.34. The van der Waals surface area contributed by atoms with E-state index in [-0.39, 0.29) is 17.8 Å². The molecular formula is C15H21NO4. The van der Waals surface area contributed by atoms with E-state index in [1.54, 1.807) is 26.1 Å². The highest BCUT2D eigenvalue weighted by Gasteiger charge is 2.21. The van der Waals surface area contributed by atoms with Crippen molar-refractivity contribution in [2.45, 2.75) is 13.8 Å². The molecule has 5 nitrogen and oxygen atoms in total. The van der Waals surface area contributed by atoms with E-state index in [0.717, 1.165) is 5.56 Å². The van der Waals surface area contributed by atoms with Gasteiger partial charge in [-0.25, -0.2) is 0 Å². The van der Waals surface area contributed by atoms with E-state index in [4.69, 9.17) is 4.74 Å². The molecule has 0 N–H and O–H groups in total. The lowest BCUT2D eigenvalue weighted by molar-refractivity contribution is -0.145. The Bertz CT molecular complexity index is 499. The molecule has 0 saturated carbocycles. The van der Waals surface area contributed by atoms with Gasteiger partial charge in [-0.3, -0.25) is 9.59 Å². The Labute approximate surface area is 119 Å². The Morgan fingerprint density at radius 3 is 2.50 bits per heavy atom. The van der Waals surface area contributed by atoms with E-state index in [1.807, 2.05) is 13.0 Å². The molecule has 0 saturated heterocycles. The minimum atomic E-state index is -0.371. The summed E-state index contributed by atoms with van der Waals surface area (Å²) in [5.41, 5.74) is 1.47. The number of hydrogen-bond acceptors (Lipinski definition) is 4. The highest BCUT2D eigenvalue weighted by Crippen LogP contribution is 2.21. The first-order valence-electron chi connectivity index (χ1n) is 6.38. The zero-order valence-corrected chi connectivity index (χ0v) is 12.6. The Morgan fingerprint density at radius 1 is 1.30 bits per heavy atom. The van der Waals surface area contributed by atoms with E-state index in [2.05, 4.69) is 4.74 Å². The molecule has 1 aromatic rings. The molecule has 0 aliphatic rings. The second kappa shape index (κ2) is 6.93. The molecule has 1 aromatic carbocycles. The highest BCUT2D eigenvalue weighted by molar-refractivity contribution is 5.97. The lowest BCUT2D eigenvalue weighted by atomic mass is 10.1. The van der Waals surface area contributed by atoms with Gasteiger partial charge in [-0.2, -0.15) is 0 Å². The van der Waals surface area contributed by atoms with Crippen molar-refractivity contribution < 1.29 is 19.1 Å². The minimum absolute atomic E-state index is 0.179. The second-order valence-corrected chi connectivity index (χ2v) is 4.81. The predicted molar refractivity (Wildman–Crippen MR) is 75.9 cm³/mol. The van der Waals surface area contributed by atoms with E-state index < -0.39 is 0 Å². The summed E-state index contributed by atoms with van der Waals surface area (Å²) in [6.45, 7) is 3.93. The number of carbonyl (C=O) groups is 2. The Morgan fingerprint density at radius 2 is 1.95 bits per heavy atom. The molecule has 0 fully saturated rings. The van der Waals surface area contributed by atoms with Gasteiger partial charge in [0.25, 0.3) is 5.91 Å². The van der Waals surface area contributed by atoms with Gasteiger partial charge < -0.3 is 14.4 Å². The average Bonchev–Trinajstić information content (AvgIpc) is 2.45. The smallest absolute Gasteiger partial charge is 0.310 e. The zero-order valence-electron chi connectivity index (χ0n) is 12.6. The molecule has 0 heterocycles.